The molecule has 1 nitrogen and oxygen atoms in total. The van der Waals surface area contributed by atoms with Crippen LogP contribution in [0.25, 0.3) is 0 Å². The number of aliphatic hydroxyl groups excluding tert-OH is 1. The topological polar surface area (TPSA) is 20.2 Å². The Balaban J connectivity index is 2.65. The van der Waals surface area contributed by atoms with Gasteiger partial charge in [-0.05, 0) is 11.4 Å². The predicted octanol–water partition coefficient (Wildman–Crippen LogP) is 3.53. The third-order valence-corrected chi connectivity index (χ3v) is 3.25. The van der Waals surface area contributed by atoms with E-state index in [4.69, 9.17) is 0 Å². The molecule has 96 valence electrons. The number of halogens is 5. The Kier molecular flexibility index (Phi) is 3.36. The monoisotopic (exact) mass is 280 g/mol. The van der Waals surface area contributed by atoms with Crippen molar-refractivity contribution in [2.24, 2.45) is 0 Å². The Morgan fingerprint density at radius 1 is 0.889 bits per heavy atom. The Morgan fingerprint density at radius 3 is 1.83 bits per heavy atom. The summed E-state index contributed by atoms with van der Waals surface area (Å²) < 4.78 is 65.4. The lowest BCUT2D eigenvalue weighted by Crippen LogP contribution is -2.11. The molecule has 0 amide bonds. The molecule has 1 N–H and O–H groups in total. The zero-order chi connectivity index (χ0) is 13.4. The molecule has 1 unspecified atom stereocenters. The van der Waals surface area contributed by atoms with Crippen LogP contribution in [0.4, 0.5) is 22.0 Å². The molecule has 1 atom stereocenters. The Morgan fingerprint density at radius 2 is 1.39 bits per heavy atom. The van der Waals surface area contributed by atoms with Gasteiger partial charge in [0, 0.05) is 4.88 Å². The van der Waals surface area contributed by atoms with Crippen LogP contribution in [0.15, 0.2) is 17.5 Å². The fourth-order valence-electron chi connectivity index (χ4n) is 1.45. The van der Waals surface area contributed by atoms with Gasteiger partial charge in [-0.15, -0.1) is 11.3 Å². The zero-order valence-corrected chi connectivity index (χ0v) is 9.37. The van der Waals surface area contributed by atoms with Gasteiger partial charge in [0.25, 0.3) is 0 Å². The standard InChI is InChI=1S/C11H5F5OS/c12-6-5(11(17)4-2-1-3-18-4)7(13)9(15)10(16)8(6)14/h1-3,11,17H. The van der Waals surface area contributed by atoms with Crippen molar-refractivity contribution in [1.82, 2.24) is 0 Å². The number of hydrogen-bond donors (Lipinski definition) is 1. The summed E-state index contributed by atoms with van der Waals surface area (Å²) in [6.07, 6.45) is -1.89. The van der Waals surface area contributed by atoms with Crippen molar-refractivity contribution in [2.45, 2.75) is 6.10 Å². The van der Waals surface area contributed by atoms with E-state index in [1.807, 2.05) is 0 Å². The van der Waals surface area contributed by atoms with E-state index in [1.54, 1.807) is 0 Å². The van der Waals surface area contributed by atoms with Gasteiger partial charge < -0.3 is 5.11 Å². The first-order valence-electron chi connectivity index (χ1n) is 4.68. The Bertz CT molecular complexity index is 553. The maximum absolute atomic E-state index is 13.4. The Hall–Kier alpha value is -1.47. The van der Waals surface area contributed by atoms with Gasteiger partial charge in [0.15, 0.2) is 23.3 Å². The second-order valence-corrected chi connectivity index (χ2v) is 4.38. The van der Waals surface area contributed by atoms with Crippen molar-refractivity contribution in [3.63, 3.8) is 0 Å². The first kappa shape index (κ1) is 13.0. The molecule has 1 heterocycles. The minimum Gasteiger partial charge on any atom is -0.383 e. The minimum atomic E-state index is -2.24. The third kappa shape index (κ3) is 1.89. The van der Waals surface area contributed by atoms with Gasteiger partial charge in [-0.1, -0.05) is 6.07 Å². The largest absolute Gasteiger partial charge is 0.383 e. The molecule has 0 saturated carbocycles. The van der Waals surface area contributed by atoms with E-state index in [0.717, 1.165) is 11.3 Å². The quantitative estimate of drug-likeness (QED) is 0.507. The van der Waals surface area contributed by atoms with Gasteiger partial charge >= 0.3 is 0 Å². The molecule has 2 rings (SSSR count). The first-order valence-corrected chi connectivity index (χ1v) is 5.56. The zero-order valence-electron chi connectivity index (χ0n) is 8.55. The van der Waals surface area contributed by atoms with Crippen LogP contribution in [0.2, 0.25) is 0 Å². The molecule has 0 fully saturated rings. The summed E-state index contributed by atoms with van der Waals surface area (Å²) in [5.41, 5.74) is -1.24. The lowest BCUT2D eigenvalue weighted by atomic mass is 10.1. The van der Waals surface area contributed by atoms with Crippen LogP contribution in [-0.2, 0) is 0 Å². The van der Waals surface area contributed by atoms with Crippen LogP contribution in [0.3, 0.4) is 0 Å². The third-order valence-electron chi connectivity index (χ3n) is 2.33. The van der Waals surface area contributed by atoms with Crippen LogP contribution in [0, 0.1) is 29.1 Å². The molecule has 2 aromatic rings. The first-order chi connectivity index (χ1) is 8.45. The average Bonchev–Trinajstić information content (AvgIpc) is 2.88. The summed E-state index contributed by atoms with van der Waals surface area (Å²) in [6.45, 7) is 0. The van der Waals surface area contributed by atoms with Gasteiger partial charge in [0.1, 0.15) is 6.10 Å². The van der Waals surface area contributed by atoms with Crippen molar-refractivity contribution in [1.29, 1.82) is 0 Å². The van der Waals surface area contributed by atoms with Crippen LogP contribution >= 0.6 is 11.3 Å². The summed E-state index contributed by atoms with van der Waals surface area (Å²) in [5, 5.41) is 11.2. The van der Waals surface area contributed by atoms with E-state index in [1.165, 1.54) is 17.5 Å². The van der Waals surface area contributed by atoms with Crippen molar-refractivity contribution >= 4 is 11.3 Å². The van der Waals surface area contributed by atoms with Crippen molar-refractivity contribution in [3.8, 4) is 0 Å². The number of aliphatic hydroxyl groups is 1. The Labute approximate surface area is 102 Å². The lowest BCUT2D eigenvalue weighted by molar-refractivity contribution is 0.206. The molecule has 1 aromatic carbocycles. The fraction of sp³-hybridized carbons (Fsp3) is 0.0909. The van der Waals surface area contributed by atoms with Crippen molar-refractivity contribution in [2.75, 3.05) is 0 Å². The minimum absolute atomic E-state index is 0.0817. The summed E-state index contributed by atoms with van der Waals surface area (Å²) in [4.78, 5) is 0.0817. The molecular weight excluding hydrogens is 275 g/mol. The number of benzene rings is 1. The second-order valence-electron chi connectivity index (χ2n) is 3.40. The van der Waals surface area contributed by atoms with E-state index < -0.39 is 40.8 Å². The van der Waals surface area contributed by atoms with Crippen LogP contribution in [-0.4, -0.2) is 5.11 Å². The highest BCUT2D eigenvalue weighted by Crippen LogP contribution is 2.32. The van der Waals surface area contributed by atoms with Gasteiger partial charge in [0.2, 0.25) is 5.82 Å². The highest BCUT2D eigenvalue weighted by molar-refractivity contribution is 7.10. The molecule has 0 spiro atoms. The molecule has 0 aliphatic rings. The fourth-order valence-corrected chi connectivity index (χ4v) is 2.17. The smallest absolute Gasteiger partial charge is 0.200 e. The maximum Gasteiger partial charge on any atom is 0.200 e. The SMILES string of the molecule is OC(c1cccs1)c1c(F)c(F)c(F)c(F)c1F. The van der Waals surface area contributed by atoms with Crippen molar-refractivity contribution in [3.05, 3.63) is 57.0 Å². The van der Waals surface area contributed by atoms with E-state index in [2.05, 4.69) is 0 Å². The highest BCUT2D eigenvalue weighted by atomic mass is 32.1. The average molecular weight is 280 g/mol. The molecule has 0 bridgehead atoms. The van der Waals surface area contributed by atoms with E-state index in [-0.39, 0.29) is 4.88 Å². The lowest BCUT2D eigenvalue weighted by Gasteiger charge is -2.12. The number of hydrogen-bond acceptors (Lipinski definition) is 2. The van der Waals surface area contributed by atoms with Gasteiger partial charge in [-0.25, -0.2) is 22.0 Å². The predicted molar refractivity (Wildman–Crippen MR) is 54.6 cm³/mol. The molecular formula is C11H5F5OS. The molecule has 18 heavy (non-hydrogen) atoms. The number of thiophene rings is 1. The molecule has 7 heteroatoms. The van der Waals surface area contributed by atoms with Crippen LogP contribution in [0.1, 0.15) is 16.5 Å². The van der Waals surface area contributed by atoms with E-state index in [0.29, 0.717) is 0 Å². The summed E-state index contributed by atoms with van der Waals surface area (Å²) in [5.74, 6) is -10.4. The van der Waals surface area contributed by atoms with Gasteiger partial charge in [-0.3, -0.25) is 0 Å². The maximum atomic E-state index is 13.4. The summed E-state index contributed by atoms with van der Waals surface area (Å²) in [7, 11) is 0. The van der Waals surface area contributed by atoms with E-state index >= 15 is 0 Å². The molecule has 0 saturated heterocycles. The molecule has 0 aliphatic carbocycles. The van der Waals surface area contributed by atoms with E-state index in [9.17, 15) is 27.1 Å². The summed E-state index contributed by atoms with van der Waals surface area (Å²) in [6, 6.07) is 2.81. The highest BCUT2D eigenvalue weighted by Gasteiger charge is 2.30. The van der Waals surface area contributed by atoms with Gasteiger partial charge in [-0.2, -0.15) is 0 Å². The van der Waals surface area contributed by atoms with Gasteiger partial charge in [0.05, 0.1) is 5.56 Å². The normalized spacial score (nSPS) is 12.8. The molecule has 0 aliphatic heterocycles. The number of rotatable bonds is 2. The van der Waals surface area contributed by atoms with Crippen LogP contribution < -0.4 is 0 Å². The van der Waals surface area contributed by atoms with Crippen molar-refractivity contribution < 1.29 is 27.1 Å². The molecule has 0 radical (unpaired) electrons. The van der Waals surface area contributed by atoms with Crippen LogP contribution in [0.5, 0.6) is 0 Å². The summed E-state index contributed by atoms with van der Waals surface area (Å²) >= 11 is 0.937. The second kappa shape index (κ2) is 4.66. The molecule has 1 aromatic heterocycles.